The molecule has 0 aliphatic heterocycles. The molecule has 0 fully saturated rings. The molecule has 1 aromatic carbocycles. The molecule has 120 valence electrons. The maximum absolute atomic E-state index is 12.6. The zero-order valence-electron chi connectivity index (χ0n) is 13.7. The van der Waals surface area contributed by atoms with Gasteiger partial charge in [0.25, 0.3) is 5.91 Å². The molecule has 2 heterocycles. The Labute approximate surface area is 144 Å². The Balaban J connectivity index is 1.90. The van der Waals surface area contributed by atoms with Gasteiger partial charge in [0.1, 0.15) is 10.7 Å². The molecule has 2 aromatic heterocycles. The first-order valence-corrected chi connectivity index (χ1v) is 8.33. The minimum absolute atomic E-state index is 0.152. The Hall–Kier alpha value is -2.78. The highest BCUT2D eigenvalue weighted by molar-refractivity contribution is 7.20. The number of thiophene rings is 1. The van der Waals surface area contributed by atoms with E-state index in [4.69, 9.17) is 5.26 Å². The smallest absolute Gasteiger partial charge is 0.266 e. The second-order valence-corrected chi connectivity index (χ2v) is 6.58. The lowest BCUT2D eigenvalue weighted by molar-refractivity contribution is 0.103. The molecule has 5 nitrogen and oxygen atoms in total. The van der Waals surface area contributed by atoms with Crippen LogP contribution in [0.5, 0.6) is 0 Å². The Morgan fingerprint density at radius 2 is 1.92 bits per heavy atom. The van der Waals surface area contributed by atoms with E-state index in [-0.39, 0.29) is 5.91 Å². The number of benzene rings is 1. The van der Waals surface area contributed by atoms with Gasteiger partial charge in [0.2, 0.25) is 0 Å². The average Bonchev–Trinajstić information content (AvgIpc) is 2.86. The van der Waals surface area contributed by atoms with E-state index in [9.17, 15) is 4.79 Å². The number of nitriles is 1. The van der Waals surface area contributed by atoms with Crippen molar-refractivity contribution in [2.45, 2.75) is 27.2 Å². The monoisotopic (exact) mass is 336 g/mol. The molecule has 3 aromatic rings. The molecule has 0 saturated carbocycles. The number of nitrogens with zero attached hydrogens (tertiary/aromatic N) is 3. The van der Waals surface area contributed by atoms with Crippen LogP contribution >= 0.6 is 11.3 Å². The molecule has 3 rings (SSSR count). The van der Waals surface area contributed by atoms with Crippen molar-refractivity contribution in [2.75, 3.05) is 5.32 Å². The second-order valence-electron chi connectivity index (χ2n) is 5.58. The highest BCUT2D eigenvalue weighted by Gasteiger charge is 2.18. The third kappa shape index (κ3) is 2.99. The number of aromatic nitrogens is 2. The number of fused-ring (bicyclic) bond motifs is 1. The molecule has 0 spiro atoms. The number of hydrogen-bond donors (Lipinski definition) is 1. The van der Waals surface area contributed by atoms with Gasteiger partial charge in [-0.3, -0.25) is 4.79 Å². The molecule has 0 atom stereocenters. The van der Waals surface area contributed by atoms with Crippen molar-refractivity contribution >= 4 is 33.1 Å². The number of aryl methyl sites for hydroxylation is 3. The molecule has 0 saturated heterocycles. The molecule has 24 heavy (non-hydrogen) atoms. The van der Waals surface area contributed by atoms with Crippen molar-refractivity contribution < 1.29 is 4.79 Å². The number of carbonyl (C=O) groups is 1. The fourth-order valence-electron chi connectivity index (χ4n) is 2.68. The predicted molar refractivity (Wildman–Crippen MR) is 95.3 cm³/mol. The molecule has 0 unspecified atom stereocenters. The van der Waals surface area contributed by atoms with Crippen LogP contribution in [0.1, 0.15) is 32.3 Å². The largest absolute Gasteiger partial charge is 0.321 e. The summed E-state index contributed by atoms with van der Waals surface area (Å²) in [5, 5.41) is 12.6. The van der Waals surface area contributed by atoms with E-state index in [1.54, 1.807) is 0 Å². The van der Waals surface area contributed by atoms with E-state index in [0.29, 0.717) is 22.8 Å². The van der Waals surface area contributed by atoms with E-state index in [2.05, 4.69) is 21.4 Å². The van der Waals surface area contributed by atoms with E-state index < -0.39 is 0 Å². The third-order valence-corrected chi connectivity index (χ3v) is 4.97. The number of carbonyl (C=O) groups excluding carboxylic acids is 1. The van der Waals surface area contributed by atoms with Crippen LogP contribution in [-0.4, -0.2) is 15.9 Å². The van der Waals surface area contributed by atoms with Crippen LogP contribution in [0.3, 0.4) is 0 Å². The van der Waals surface area contributed by atoms with Crippen LogP contribution in [0.4, 0.5) is 5.69 Å². The number of hydrogen-bond acceptors (Lipinski definition) is 5. The summed E-state index contributed by atoms with van der Waals surface area (Å²) >= 11 is 1.38. The normalized spacial score (nSPS) is 10.6. The Kier molecular flexibility index (Phi) is 4.28. The fraction of sp³-hybridized carbons (Fsp3) is 0.222. The molecule has 0 radical (unpaired) electrons. The maximum atomic E-state index is 12.6. The first kappa shape index (κ1) is 16.1. The van der Waals surface area contributed by atoms with Gasteiger partial charge in [0.05, 0.1) is 17.4 Å². The van der Waals surface area contributed by atoms with Gasteiger partial charge < -0.3 is 5.32 Å². The van der Waals surface area contributed by atoms with Crippen LogP contribution in [-0.2, 0) is 6.42 Å². The van der Waals surface area contributed by atoms with Crippen molar-refractivity contribution in [3.63, 3.8) is 0 Å². The van der Waals surface area contributed by atoms with Gasteiger partial charge in [-0.25, -0.2) is 9.97 Å². The highest BCUT2D eigenvalue weighted by Crippen LogP contribution is 2.31. The topological polar surface area (TPSA) is 78.7 Å². The van der Waals surface area contributed by atoms with Gasteiger partial charge in [-0.2, -0.15) is 5.26 Å². The van der Waals surface area contributed by atoms with E-state index in [1.165, 1.54) is 11.3 Å². The van der Waals surface area contributed by atoms with Gasteiger partial charge in [-0.15, -0.1) is 11.3 Å². The molecule has 0 aliphatic rings. The molecular formula is C18H16N4OS. The summed E-state index contributed by atoms with van der Waals surface area (Å²) in [6.45, 7) is 5.71. The summed E-state index contributed by atoms with van der Waals surface area (Å²) in [4.78, 5) is 22.9. The van der Waals surface area contributed by atoms with Gasteiger partial charge >= 0.3 is 0 Å². The maximum Gasteiger partial charge on any atom is 0.266 e. The van der Waals surface area contributed by atoms with E-state index in [0.717, 1.165) is 27.0 Å². The van der Waals surface area contributed by atoms with Crippen molar-refractivity contribution in [1.82, 2.24) is 9.97 Å². The Morgan fingerprint density at radius 3 is 2.58 bits per heavy atom. The first-order valence-electron chi connectivity index (χ1n) is 7.51. The Morgan fingerprint density at radius 1 is 1.21 bits per heavy atom. The number of amides is 1. The zero-order chi connectivity index (χ0) is 17.3. The predicted octanol–water partition coefficient (Wildman–Crippen LogP) is 3.93. The van der Waals surface area contributed by atoms with Crippen LogP contribution in [0.25, 0.3) is 10.2 Å². The lowest BCUT2D eigenvalue weighted by atomic mass is 10.1. The van der Waals surface area contributed by atoms with Crippen LogP contribution in [0.2, 0.25) is 0 Å². The summed E-state index contributed by atoms with van der Waals surface area (Å²) in [5.41, 5.74) is 3.43. The second kappa shape index (κ2) is 6.38. The van der Waals surface area contributed by atoms with Crippen molar-refractivity contribution in [1.29, 1.82) is 5.26 Å². The Bertz CT molecular complexity index is 967. The van der Waals surface area contributed by atoms with Crippen molar-refractivity contribution in [3.05, 3.63) is 51.8 Å². The zero-order valence-corrected chi connectivity index (χ0v) is 14.5. The van der Waals surface area contributed by atoms with Gasteiger partial charge in [0.15, 0.2) is 0 Å². The molecule has 1 amide bonds. The number of nitrogens with one attached hydrogen (secondary N) is 1. The quantitative estimate of drug-likeness (QED) is 0.786. The highest BCUT2D eigenvalue weighted by atomic mass is 32.1. The molecule has 1 N–H and O–H groups in total. The van der Waals surface area contributed by atoms with Gasteiger partial charge in [0, 0.05) is 16.8 Å². The SMILES string of the molecule is Cc1nc(C)c2c(C)c(C(=O)Nc3ccc(CC#N)cc3)sc2n1. The molecule has 0 bridgehead atoms. The number of rotatable bonds is 3. The van der Waals surface area contributed by atoms with Crippen molar-refractivity contribution in [2.24, 2.45) is 0 Å². The number of anilines is 1. The summed E-state index contributed by atoms with van der Waals surface area (Å²) in [6, 6.07) is 9.41. The minimum Gasteiger partial charge on any atom is -0.321 e. The average molecular weight is 336 g/mol. The lowest BCUT2D eigenvalue weighted by Gasteiger charge is -2.05. The fourth-order valence-corrected chi connectivity index (χ4v) is 3.85. The molecular weight excluding hydrogens is 320 g/mol. The van der Waals surface area contributed by atoms with Gasteiger partial charge in [-0.1, -0.05) is 12.1 Å². The summed E-state index contributed by atoms with van der Waals surface area (Å²) in [5.74, 6) is 0.557. The van der Waals surface area contributed by atoms with E-state index in [1.807, 2.05) is 45.0 Å². The van der Waals surface area contributed by atoms with Crippen LogP contribution in [0.15, 0.2) is 24.3 Å². The minimum atomic E-state index is -0.152. The summed E-state index contributed by atoms with van der Waals surface area (Å²) in [6.07, 6.45) is 0.362. The van der Waals surface area contributed by atoms with Crippen LogP contribution in [0, 0.1) is 32.1 Å². The lowest BCUT2D eigenvalue weighted by Crippen LogP contribution is -2.11. The first-order chi connectivity index (χ1) is 11.5. The third-order valence-electron chi connectivity index (χ3n) is 3.78. The van der Waals surface area contributed by atoms with Crippen LogP contribution < -0.4 is 5.32 Å². The van der Waals surface area contributed by atoms with E-state index >= 15 is 0 Å². The summed E-state index contributed by atoms with van der Waals surface area (Å²) < 4.78 is 0. The van der Waals surface area contributed by atoms with Gasteiger partial charge in [-0.05, 0) is 44.0 Å². The van der Waals surface area contributed by atoms with Crippen molar-refractivity contribution in [3.8, 4) is 6.07 Å². The molecule has 0 aliphatic carbocycles. The molecule has 6 heteroatoms. The standard InChI is InChI=1S/C18H16N4OS/c1-10-15-11(2)20-12(3)21-18(15)24-16(10)17(23)22-14-6-4-13(5-7-14)8-9-19/h4-7H,8H2,1-3H3,(H,22,23). The summed E-state index contributed by atoms with van der Waals surface area (Å²) in [7, 11) is 0.